The zero-order valence-corrected chi connectivity index (χ0v) is 6.58. The molecular formula is C8H4Cl2. The third-order valence-corrected chi connectivity index (χ3v) is 1.38. The lowest BCUT2D eigenvalue weighted by Crippen LogP contribution is -1.70. The van der Waals surface area contributed by atoms with Crippen LogP contribution in [0.25, 0.3) is 0 Å². The van der Waals surface area contributed by atoms with Gasteiger partial charge < -0.3 is 0 Å². The highest BCUT2D eigenvalue weighted by Crippen LogP contribution is 2.08. The molecule has 0 N–H and O–H groups in total. The summed E-state index contributed by atoms with van der Waals surface area (Å²) in [5.41, 5.74) is 0.874. The Bertz CT molecular complexity index is 264. The van der Waals surface area contributed by atoms with Gasteiger partial charge in [-0.05, 0) is 41.8 Å². The van der Waals surface area contributed by atoms with Crippen molar-refractivity contribution in [3.05, 3.63) is 34.9 Å². The maximum atomic E-state index is 5.63. The van der Waals surface area contributed by atoms with Crippen molar-refractivity contribution in [1.82, 2.24) is 0 Å². The van der Waals surface area contributed by atoms with Crippen molar-refractivity contribution >= 4 is 23.2 Å². The Labute approximate surface area is 69.8 Å². The predicted molar refractivity (Wildman–Crippen MR) is 44.2 cm³/mol. The van der Waals surface area contributed by atoms with Gasteiger partial charge in [-0.3, -0.25) is 0 Å². The van der Waals surface area contributed by atoms with E-state index in [1.165, 1.54) is 0 Å². The molecule has 1 aromatic carbocycles. The van der Waals surface area contributed by atoms with Crippen LogP contribution in [0.5, 0.6) is 0 Å². The van der Waals surface area contributed by atoms with Gasteiger partial charge in [0, 0.05) is 16.0 Å². The second kappa shape index (κ2) is 3.51. The highest BCUT2D eigenvalue weighted by molar-refractivity contribution is 6.31. The Morgan fingerprint density at radius 1 is 1.10 bits per heavy atom. The van der Waals surface area contributed by atoms with Gasteiger partial charge in [-0.25, -0.2) is 0 Å². The molecule has 0 aromatic heterocycles. The van der Waals surface area contributed by atoms with Gasteiger partial charge in [-0.15, -0.1) is 0 Å². The molecule has 0 saturated heterocycles. The van der Waals surface area contributed by atoms with Crippen LogP contribution in [0, 0.1) is 11.3 Å². The average Bonchev–Trinajstić information content (AvgIpc) is 1.95. The maximum Gasteiger partial charge on any atom is 0.0406 e. The molecule has 0 aliphatic carbocycles. The third-order valence-electron chi connectivity index (χ3n) is 1.04. The van der Waals surface area contributed by atoms with Crippen LogP contribution in [0.3, 0.4) is 0 Å². The Morgan fingerprint density at radius 2 is 1.70 bits per heavy atom. The molecule has 10 heavy (non-hydrogen) atoms. The van der Waals surface area contributed by atoms with Crippen LogP contribution < -0.4 is 0 Å². The van der Waals surface area contributed by atoms with Crippen molar-refractivity contribution in [3.63, 3.8) is 0 Å². The van der Waals surface area contributed by atoms with E-state index in [1.54, 1.807) is 12.1 Å². The van der Waals surface area contributed by atoms with Crippen LogP contribution in [0.2, 0.25) is 5.02 Å². The largest absolute Gasteiger partial charge is 0.0843 e. The summed E-state index contributed by atoms with van der Waals surface area (Å²) in [7, 11) is 0. The van der Waals surface area contributed by atoms with Crippen LogP contribution in [0.4, 0.5) is 0 Å². The van der Waals surface area contributed by atoms with Gasteiger partial charge in [-0.2, -0.15) is 0 Å². The van der Waals surface area contributed by atoms with E-state index in [2.05, 4.69) is 11.3 Å². The SMILES string of the molecule is ClC#Cc1ccc(Cl)cc1. The molecule has 0 heterocycles. The molecule has 0 saturated carbocycles. The van der Waals surface area contributed by atoms with Crippen LogP contribution >= 0.6 is 23.2 Å². The minimum absolute atomic E-state index is 0.708. The minimum Gasteiger partial charge on any atom is -0.0843 e. The fourth-order valence-electron chi connectivity index (χ4n) is 0.588. The topological polar surface area (TPSA) is 0 Å². The second-order valence-electron chi connectivity index (χ2n) is 1.73. The molecule has 0 bridgehead atoms. The number of rotatable bonds is 0. The maximum absolute atomic E-state index is 5.63. The average molecular weight is 171 g/mol. The molecule has 1 aromatic rings. The van der Waals surface area contributed by atoms with Gasteiger partial charge >= 0.3 is 0 Å². The molecule has 0 aliphatic heterocycles. The molecule has 1 rings (SSSR count). The molecule has 0 radical (unpaired) electrons. The predicted octanol–water partition coefficient (Wildman–Crippen LogP) is 2.89. The molecule has 0 nitrogen and oxygen atoms in total. The van der Waals surface area contributed by atoms with E-state index in [0.29, 0.717) is 5.02 Å². The van der Waals surface area contributed by atoms with Crippen LogP contribution in [0.1, 0.15) is 5.56 Å². The van der Waals surface area contributed by atoms with Crippen molar-refractivity contribution in [2.45, 2.75) is 0 Å². The Hall–Kier alpha value is -0.640. The zero-order chi connectivity index (χ0) is 7.40. The van der Waals surface area contributed by atoms with Crippen LogP contribution in [0.15, 0.2) is 24.3 Å². The fraction of sp³-hybridized carbons (Fsp3) is 0. The van der Waals surface area contributed by atoms with Gasteiger partial charge in [0.05, 0.1) is 0 Å². The van der Waals surface area contributed by atoms with Crippen LogP contribution in [-0.2, 0) is 0 Å². The minimum atomic E-state index is 0.708. The molecular weight excluding hydrogens is 167 g/mol. The van der Waals surface area contributed by atoms with Crippen molar-refractivity contribution in [2.75, 3.05) is 0 Å². The Kier molecular flexibility index (Phi) is 2.62. The smallest absolute Gasteiger partial charge is 0.0406 e. The molecule has 0 amide bonds. The Morgan fingerprint density at radius 3 is 2.20 bits per heavy atom. The number of hydrogen-bond donors (Lipinski definition) is 0. The lowest BCUT2D eigenvalue weighted by molar-refractivity contribution is 1.65. The quantitative estimate of drug-likeness (QED) is 0.526. The van der Waals surface area contributed by atoms with E-state index in [1.807, 2.05) is 12.1 Å². The third kappa shape index (κ3) is 1.95. The van der Waals surface area contributed by atoms with Gasteiger partial charge in [0.1, 0.15) is 0 Å². The number of halogens is 2. The zero-order valence-electron chi connectivity index (χ0n) is 5.07. The summed E-state index contributed by atoms with van der Waals surface area (Å²) in [6, 6.07) is 7.19. The first-order valence-corrected chi connectivity index (χ1v) is 3.46. The summed E-state index contributed by atoms with van der Waals surface area (Å²) in [5, 5.41) is 2.99. The van der Waals surface area contributed by atoms with Gasteiger partial charge in [0.25, 0.3) is 0 Å². The molecule has 0 unspecified atom stereocenters. The van der Waals surface area contributed by atoms with E-state index < -0.39 is 0 Å². The first-order valence-electron chi connectivity index (χ1n) is 2.70. The summed E-state index contributed by atoms with van der Waals surface area (Å²) in [4.78, 5) is 0. The van der Waals surface area contributed by atoms with Gasteiger partial charge in [0.2, 0.25) is 0 Å². The van der Waals surface area contributed by atoms with E-state index in [4.69, 9.17) is 23.2 Å². The molecule has 2 heteroatoms. The second-order valence-corrected chi connectivity index (χ2v) is 2.35. The normalized spacial score (nSPS) is 8.20. The van der Waals surface area contributed by atoms with Crippen LogP contribution in [-0.4, -0.2) is 0 Å². The standard InChI is InChI=1S/C8H4Cl2/c9-6-5-7-1-3-8(10)4-2-7/h1-4H. The molecule has 0 atom stereocenters. The van der Waals surface area contributed by atoms with Crippen molar-refractivity contribution in [1.29, 1.82) is 0 Å². The first-order chi connectivity index (χ1) is 4.83. The summed E-state index contributed by atoms with van der Waals surface area (Å²) < 4.78 is 0. The summed E-state index contributed by atoms with van der Waals surface area (Å²) in [5.74, 6) is 2.69. The highest BCUT2D eigenvalue weighted by atomic mass is 35.5. The van der Waals surface area contributed by atoms with E-state index >= 15 is 0 Å². The molecule has 0 spiro atoms. The fourth-order valence-corrected chi connectivity index (χ4v) is 0.823. The molecule has 0 aliphatic rings. The first kappa shape index (κ1) is 7.47. The highest BCUT2D eigenvalue weighted by Gasteiger charge is 1.85. The van der Waals surface area contributed by atoms with Crippen molar-refractivity contribution in [2.24, 2.45) is 0 Å². The van der Waals surface area contributed by atoms with Crippen molar-refractivity contribution < 1.29 is 0 Å². The molecule has 50 valence electrons. The van der Waals surface area contributed by atoms with E-state index in [9.17, 15) is 0 Å². The lowest BCUT2D eigenvalue weighted by atomic mass is 10.2. The number of hydrogen-bond acceptors (Lipinski definition) is 0. The molecule has 0 fully saturated rings. The Balaban J connectivity index is 2.97. The lowest BCUT2D eigenvalue weighted by Gasteiger charge is -1.88. The number of benzene rings is 1. The van der Waals surface area contributed by atoms with E-state index in [-0.39, 0.29) is 0 Å². The van der Waals surface area contributed by atoms with Crippen molar-refractivity contribution in [3.8, 4) is 11.3 Å². The monoisotopic (exact) mass is 170 g/mol. The summed E-state index contributed by atoms with van der Waals surface area (Å²) in [6.45, 7) is 0. The van der Waals surface area contributed by atoms with Gasteiger partial charge in [-0.1, -0.05) is 11.6 Å². The van der Waals surface area contributed by atoms with E-state index in [0.717, 1.165) is 5.56 Å². The summed E-state index contributed by atoms with van der Waals surface area (Å²) >= 11 is 10.8. The summed E-state index contributed by atoms with van der Waals surface area (Å²) in [6.07, 6.45) is 0. The van der Waals surface area contributed by atoms with Gasteiger partial charge in [0.15, 0.2) is 0 Å².